The molecular formula is C17H29N3O. The van der Waals surface area contributed by atoms with E-state index < -0.39 is 0 Å². The highest BCUT2D eigenvalue weighted by Crippen LogP contribution is 2.28. The van der Waals surface area contributed by atoms with Gasteiger partial charge in [0.25, 0.3) is 0 Å². The van der Waals surface area contributed by atoms with Gasteiger partial charge in [-0.2, -0.15) is 0 Å². The minimum absolute atomic E-state index is 0.656. The zero-order valence-electron chi connectivity index (χ0n) is 13.6. The number of rotatable bonds is 7. The van der Waals surface area contributed by atoms with E-state index in [4.69, 9.17) is 4.74 Å². The number of nitrogens with one attached hydrogen (secondary N) is 1. The van der Waals surface area contributed by atoms with Crippen molar-refractivity contribution in [2.24, 2.45) is 0 Å². The molecule has 0 spiro atoms. The molecule has 2 rings (SSSR count). The van der Waals surface area contributed by atoms with Crippen LogP contribution in [0.2, 0.25) is 0 Å². The van der Waals surface area contributed by atoms with Gasteiger partial charge < -0.3 is 15.0 Å². The van der Waals surface area contributed by atoms with Crippen molar-refractivity contribution in [3.8, 4) is 5.75 Å². The Morgan fingerprint density at radius 3 is 2.57 bits per heavy atom. The molecule has 1 saturated heterocycles. The van der Waals surface area contributed by atoms with Crippen LogP contribution in [-0.4, -0.2) is 57.3 Å². The molecule has 1 fully saturated rings. The lowest BCUT2D eigenvalue weighted by molar-refractivity contribution is 0.188. The van der Waals surface area contributed by atoms with Crippen LogP contribution >= 0.6 is 0 Å². The van der Waals surface area contributed by atoms with Gasteiger partial charge in [-0.25, -0.2) is 0 Å². The molecule has 1 N–H and O–H groups in total. The summed E-state index contributed by atoms with van der Waals surface area (Å²) in [7, 11) is 1.75. The highest BCUT2D eigenvalue weighted by molar-refractivity contribution is 5.58. The number of piperazine rings is 1. The summed E-state index contributed by atoms with van der Waals surface area (Å²) in [6, 6.07) is 8.97. The molecule has 0 saturated carbocycles. The minimum Gasteiger partial charge on any atom is -0.495 e. The summed E-state index contributed by atoms with van der Waals surface area (Å²) < 4.78 is 5.47. The summed E-state index contributed by atoms with van der Waals surface area (Å²) >= 11 is 0. The third-order valence-electron chi connectivity index (χ3n) is 4.35. The number of para-hydroxylation sites is 2. The molecule has 1 aliphatic heterocycles. The summed E-state index contributed by atoms with van der Waals surface area (Å²) in [6.45, 7) is 11.1. The first-order valence-corrected chi connectivity index (χ1v) is 8.09. The zero-order chi connectivity index (χ0) is 15.1. The maximum absolute atomic E-state index is 5.47. The maximum Gasteiger partial charge on any atom is 0.142 e. The fourth-order valence-corrected chi connectivity index (χ4v) is 2.96. The lowest BCUT2D eigenvalue weighted by Crippen LogP contribution is -2.50. The van der Waals surface area contributed by atoms with Crippen LogP contribution in [0.4, 0.5) is 5.69 Å². The number of nitrogens with zero attached hydrogens (tertiary/aromatic N) is 2. The summed E-state index contributed by atoms with van der Waals surface area (Å²) in [5, 5.41) is 3.41. The molecule has 0 aromatic heterocycles. The van der Waals surface area contributed by atoms with Crippen molar-refractivity contribution in [3.63, 3.8) is 0 Å². The van der Waals surface area contributed by atoms with Crippen LogP contribution in [0.25, 0.3) is 0 Å². The average Bonchev–Trinajstić information content (AvgIpc) is 2.55. The highest BCUT2D eigenvalue weighted by atomic mass is 16.5. The van der Waals surface area contributed by atoms with Gasteiger partial charge >= 0.3 is 0 Å². The molecule has 0 radical (unpaired) electrons. The van der Waals surface area contributed by atoms with Crippen LogP contribution in [0.1, 0.15) is 20.3 Å². The van der Waals surface area contributed by atoms with Crippen molar-refractivity contribution in [2.45, 2.75) is 26.3 Å². The topological polar surface area (TPSA) is 27.7 Å². The predicted octanol–water partition coefficient (Wildman–Crippen LogP) is 2.21. The SMILES string of the molecule is CCNCCC(C)N1CCN(c2ccccc2OC)CC1. The van der Waals surface area contributed by atoms with E-state index in [1.54, 1.807) is 7.11 Å². The molecule has 1 unspecified atom stereocenters. The second-order valence-electron chi connectivity index (χ2n) is 5.69. The molecule has 118 valence electrons. The van der Waals surface area contributed by atoms with E-state index in [0.29, 0.717) is 6.04 Å². The molecule has 0 bridgehead atoms. The Labute approximate surface area is 129 Å². The third kappa shape index (κ3) is 4.35. The molecule has 1 aromatic carbocycles. The normalized spacial score (nSPS) is 17.8. The molecule has 21 heavy (non-hydrogen) atoms. The van der Waals surface area contributed by atoms with Crippen molar-refractivity contribution < 1.29 is 4.74 Å². The number of hydrogen-bond donors (Lipinski definition) is 1. The average molecular weight is 291 g/mol. The summed E-state index contributed by atoms with van der Waals surface area (Å²) in [4.78, 5) is 5.04. The lowest BCUT2D eigenvalue weighted by Gasteiger charge is -2.39. The van der Waals surface area contributed by atoms with Crippen LogP contribution in [0.3, 0.4) is 0 Å². The summed E-state index contributed by atoms with van der Waals surface area (Å²) in [6.07, 6.45) is 1.22. The van der Waals surface area contributed by atoms with Gasteiger partial charge in [0.2, 0.25) is 0 Å². The van der Waals surface area contributed by atoms with Crippen LogP contribution in [0, 0.1) is 0 Å². The predicted molar refractivity (Wildman–Crippen MR) is 89.4 cm³/mol. The number of hydrogen-bond acceptors (Lipinski definition) is 4. The van der Waals surface area contributed by atoms with Gasteiger partial charge in [-0.15, -0.1) is 0 Å². The van der Waals surface area contributed by atoms with Gasteiger partial charge in [-0.3, -0.25) is 4.90 Å². The second-order valence-corrected chi connectivity index (χ2v) is 5.69. The number of benzene rings is 1. The summed E-state index contributed by atoms with van der Waals surface area (Å²) in [5.41, 5.74) is 1.22. The molecule has 1 aromatic rings. The van der Waals surface area contributed by atoms with E-state index >= 15 is 0 Å². The van der Waals surface area contributed by atoms with Crippen molar-refractivity contribution >= 4 is 5.69 Å². The van der Waals surface area contributed by atoms with Gasteiger partial charge in [0, 0.05) is 32.2 Å². The van der Waals surface area contributed by atoms with E-state index in [9.17, 15) is 0 Å². The Hall–Kier alpha value is -1.26. The van der Waals surface area contributed by atoms with E-state index in [0.717, 1.165) is 45.0 Å². The van der Waals surface area contributed by atoms with E-state index in [2.05, 4.69) is 41.1 Å². The second kappa shape index (κ2) is 8.25. The van der Waals surface area contributed by atoms with Crippen LogP contribution < -0.4 is 15.0 Å². The third-order valence-corrected chi connectivity index (χ3v) is 4.35. The Morgan fingerprint density at radius 2 is 1.90 bits per heavy atom. The number of methoxy groups -OCH3 is 1. The van der Waals surface area contributed by atoms with Crippen molar-refractivity contribution in [1.29, 1.82) is 0 Å². The standard InChI is InChI=1S/C17H29N3O/c1-4-18-10-9-15(2)19-11-13-20(14-12-19)16-7-5-6-8-17(16)21-3/h5-8,15,18H,4,9-14H2,1-3H3. The molecule has 1 heterocycles. The maximum atomic E-state index is 5.47. The number of ether oxygens (including phenoxy) is 1. The Kier molecular flexibility index (Phi) is 6.33. The molecular weight excluding hydrogens is 262 g/mol. The van der Waals surface area contributed by atoms with Crippen LogP contribution in [-0.2, 0) is 0 Å². The highest BCUT2D eigenvalue weighted by Gasteiger charge is 2.22. The van der Waals surface area contributed by atoms with Crippen molar-refractivity contribution in [2.75, 3.05) is 51.3 Å². The molecule has 1 atom stereocenters. The summed E-state index contributed by atoms with van der Waals surface area (Å²) in [5.74, 6) is 0.978. The van der Waals surface area contributed by atoms with Gasteiger partial charge in [0.1, 0.15) is 5.75 Å². The number of anilines is 1. The van der Waals surface area contributed by atoms with Gasteiger partial charge in [0.15, 0.2) is 0 Å². The lowest BCUT2D eigenvalue weighted by atomic mass is 10.1. The first kappa shape index (κ1) is 16.1. The van der Waals surface area contributed by atoms with Crippen molar-refractivity contribution in [3.05, 3.63) is 24.3 Å². The molecule has 4 heteroatoms. The quantitative estimate of drug-likeness (QED) is 0.780. The van der Waals surface area contributed by atoms with Crippen molar-refractivity contribution in [1.82, 2.24) is 10.2 Å². The zero-order valence-corrected chi connectivity index (χ0v) is 13.6. The van der Waals surface area contributed by atoms with Gasteiger partial charge in [0.05, 0.1) is 12.8 Å². The Morgan fingerprint density at radius 1 is 1.19 bits per heavy atom. The molecule has 0 amide bonds. The smallest absolute Gasteiger partial charge is 0.142 e. The fraction of sp³-hybridized carbons (Fsp3) is 0.647. The first-order valence-electron chi connectivity index (χ1n) is 8.09. The monoisotopic (exact) mass is 291 g/mol. The fourth-order valence-electron chi connectivity index (χ4n) is 2.96. The van der Waals surface area contributed by atoms with E-state index in [1.807, 2.05) is 12.1 Å². The van der Waals surface area contributed by atoms with Crippen LogP contribution in [0.5, 0.6) is 5.75 Å². The molecule has 4 nitrogen and oxygen atoms in total. The molecule has 0 aliphatic carbocycles. The Balaban J connectivity index is 1.85. The van der Waals surface area contributed by atoms with E-state index in [-0.39, 0.29) is 0 Å². The van der Waals surface area contributed by atoms with E-state index in [1.165, 1.54) is 12.1 Å². The van der Waals surface area contributed by atoms with Gasteiger partial charge in [-0.05, 0) is 38.6 Å². The minimum atomic E-state index is 0.656. The first-order chi connectivity index (χ1) is 10.3. The Bertz CT molecular complexity index is 416. The molecule has 1 aliphatic rings. The van der Waals surface area contributed by atoms with Gasteiger partial charge in [-0.1, -0.05) is 19.1 Å². The largest absolute Gasteiger partial charge is 0.495 e. The van der Waals surface area contributed by atoms with Crippen LogP contribution in [0.15, 0.2) is 24.3 Å².